The number of rotatable bonds is 4. The molecule has 16 heavy (non-hydrogen) atoms. The van der Waals surface area contributed by atoms with Gasteiger partial charge in [0.1, 0.15) is 0 Å². The zero-order chi connectivity index (χ0) is 11.6. The average Bonchev–Trinajstić information content (AvgIpc) is 2.94. The van der Waals surface area contributed by atoms with Gasteiger partial charge in [0, 0.05) is 19.6 Å². The molecule has 0 amide bonds. The van der Waals surface area contributed by atoms with Crippen molar-refractivity contribution in [3.8, 4) is 0 Å². The van der Waals surface area contributed by atoms with Crippen molar-refractivity contribution < 1.29 is 9.90 Å². The van der Waals surface area contributed by atoms with E-state index >= 15 is 0 Å². The van der Waals surface area contributed by atoms with Crippen molar-refractivity contribution in [2.45, 2.75) is 25.7 Å². The molecule has 1 saturated heterocycles. The minimum atomic E-state index is -0.635. The van der Waals surface area contributed by atoms with Gasteiger partial charge in [-0.15, -0.1) is 0 Å². The average molecular weight is 226 g/mol. The Morgan fingerprint density at radius 3 is 2.62 bits per heavy atom. The molecular formula is C12H22N2O2. The van der Waals surface area contributed by atoms with Crippen LogP contribution in [0.4, 0.5) is 0 Å². The molecule has 0 atom stereocenters. The summed E-state index contributed by atoms with van der Waals surface area (Å²) < 4.78 is 0. The predicted octanol–water partition coefficient (Wildman–Crippen LogP) is 0.879. The minimum absolute atomic E-state index is 0.120. The van der Waals surface area contributed by atoms with Gasteiger partial charge in [-0.25, -0.2) is 0 Å². The lowest BCUT2D eigenvalue weighted by atomic mass is 10.0. The van der Waals surface area contributed by atoms with E-state index in [2.05, 4.69) is 16.8 Å². The van der Waals surface area contributed by atoms with Crippen LogP contribution in [0, 0.1) is 5.41 Å². The van der Waals surface area contributed by atoms with Crippen molar-refractivity contribution in [1.82, 2.24) is 9.80 Å². The van der Waals surface area contributed by atoms with E-state index in [9.17, 15) is 4.79 Å². The summed E-state index contributed by atoms with van der Waals surface area (Å²) in [6, 6.07) is 0. The molecule has 2 rings (SSSR count). The van der Waals surface area contributed by atoms with E-state index in [0.717, 1.165) is 39.0 Å². The van der Waals surface area contributed by atoms with Crippen LogP contribution >= 0.6 is 0 Å². The summed E-state index contributed by atoms with van der Waals surface area (Å²) in [7, 11) is 2.16. The maximum Gasteiger partial charge on any atom is 0.303 e. The Hall–Kier alpha value is -0.610. The van der Waals surface area contributed by atoms with Gasteiger partial charge < -0.3 is 14.9 Å². The molecule has 2 fully saturated rings. The van der Waals surface area contributed by atoms with Crippen LogP contribution in [0.2, 0.25) is 0 Å². The molecule has 1 heterocycles. The van der Waals surface area contributed by atoms with Gasteiger partial charge in [-0.2, -0.15) is 0 Å². The van der Waals surface area contributed by atoms with Crippen LogP contribution in [-0.4, -0.2) is 60.6 Å². The molecule has 92 valence electrons. The summed E-state index contributed by atoms with van der Waals surface area (Å²) in [6.45, 7) is 5.50. The van der Waals surface area contributed by atoms with Crippen molar-refractivity contribution in [2.75, 3.05) is 39.8 Å². The number of carbonyl (C=O) groups is 1. The first-order valence-electron chi connectivity index (χ1n) is 6.22. The molecule has 0 unspecified atom stereocenters. The monoisotopic (exact) mass is 226 g/mol. The Morgan fingerprint density at radius 2 is 2.00 bits per heavy atom. The van der Waals surface area contributed by atoms with Crippen LogP contribution in [0.5, 0.6) is 0 Å². The second-order valence-corrected chi connectivity index (χ2v) is 5.50. The van der Waals surface area contributed by atoms with Gasteiger partial charge >= 0.3 is 5.97 Å². The van der Waals surface area contributed by atoms with E-state index in [-0.39, 0.29) is 5.41 Å². The molecule has 0 spiro atoms. The summed E-state index contributed by atoms with van der Waals surface area (Å²) in [5.41, 5.74) is 0.120. The summed E-state index contributed by atoms with van der Waals surface area (Å²) in [5, 5.41) is 8.89. The molecule has 0 aromatic heterocycles. The fourth-order valence-corrected chi connectivity index (χ4v) is 2.62. The van der Waals surface area contributed by atoms with Gasteiger partial charge in [0.15, 0.2) is 0 Å². The largest absolute Gasteiger partial charge is 0.481 e. The van der Waals surface area contributed by atoms with E-state index in [1.165, 1.54) is 13.0 Å². The SMILES string of the molecule is CN1CCCN(CC2(CC(=O)O)CC2)CC1. The molecule has 1 N–H and O–H groups in total. The number of likely N-dealkylation sites (N-methyl/N-ethyl adjacent to an activating group) is 1. The molecule has 4 heteroatoms. The Bertz CT molecular complexity index is 264. The van der Waals surface area contributed by atoms with E-state index < -0.39 is 5.97 Å². The summed E-state index contributed by atoms with van der Waals surface area (Å²) in [5.74, 6) is -0.635. The summed E-state index contributed by atoms with van der Waals surface area (Å²) in [4.78, 5) is 15.6. The normalized spacial score (nSPS) is 26.3. The molecular weight excluding hydrogens is 204 g/mol. The van der Waals surface area contributed by atoms with Crippen LogP contribution in [0.25, 0.3) is 0 Å². The molecule has 2 aliphatic rings. The summed E-state index contributed by atoms with van der Waals surface area (Å²) in [6.07, 6.45) is 3.77. The van der Waals surface area contributed by atoms with Gasteiger partial charge in [0.25, 0.3) is 0 Å². The fraction of sp³-hybridized carbons (Fsp3) is 0.917. The van der Waals surface area contributed by atoms with Crippen LogP contribution in [-0.2, 0) is 4.79 Å². The summed E-state index contributed by atoms with van der Waals surface area (Å²) >= 11 is 0. The van der Waals surface area contributed by atoms with Gasteiger partial charge in [-0.1, -0.05) is 0 Å². The van der Waals surface area contributed by atoms with Crippen LogP contribution in [0.3, 0.4) is 0 Å². The van der Waals surface area contributed by atoms with Crippen molar-refractivity contribution in [2.24, 2.45) is 5.41 Å². The standard InChI is InChI=1S/C12H22N2O2/c1-13-5-2-6-14(8-7-13)10-12(3-4-12)9-11(15)16/h2-10H2,1H3,(H,15,16). The lowest BCUT2D eigenvalue weighted by Crippen LogP contribution is -2.34. The highest BCUT2D eigenvalue weighted by molar-refractivity contribution is 5.68. The van der Waals surface area contributed by atoms with Gasteiger partial charge in [0.05, 0.1) is 6.42 Å². The topological polar surface area (TPSA) is 43.8 Å². The highest BCUT2D eigenvalue weighted by atomic mass is 16.4. The maximum atomic E-state index is 10.8. The molecule has 1 saturated carbocycles. The van der Waals surface area contributed by atoms with Crippen LogP contribution in [0.15, 0.2) is 0 Å². The lowest BCUT2D eigenvalue weighted by Gasteiger charge is -2.25. The molecule has 1 aliphatic heterocycles. The highest BCUT2D eigenvalue weighted by Crippen LogP contribution is 2.49. The number of carboxylic acids is 1. The van der Waals surface area contributed by atoms with Gasteiger partial charge in [-0.3, -0.25) is 4.79 Å². The number of aliphatic carboxylic acids is 1. The Balaban J connectivity index is 1.82. The molecule has 0 aromatic carbocycles. The fourth-order valence-electron chi connectivity index (χ4n) is 2.62. The Labute approximate surface area is 97.2 Å². The zero-order valence-electron chi connectivity index (χ0n) is 10.1. The highest BCUT2D eigenvalue weighted by Gasteiger charge is 2.45. The second-order valence-electron chi connectivity index (χ2n) is 5.50. The van der Waals surface area contributed by atoms with Crippen molar-refractivity contribution >= 4 is 5.97 Å². The smallest absolute Gasteiger partial charge is 0.303 e. The first-order valence-corrected chi connectivity index (χ1v) is 6.22. The predicted molar refractivity (Wildman–Crippen MR) is 62.5 cm³/mol. The zero-order valence-corrected chi connectivity index (χ0v) is 10.1. The van der Waals surface area contributed by atoms with E-state index in [0.29, 0.717) is 6.42 Å². The third-order valence-electron chi connectivity index (χ3n) is 3.85. The first-order chi connectivity index (χ1) is 7.60. The lowest BCUT2D eigenvalue weighted by molar-refractivity contribution is -0.138. The molecule has 0 bridgehead atoms. The Morgan fingerprint density at radius 1 is 1.25 bits per heavy atom. The van der Waals surface area contributed by atoms with Crippen LogP contribution in [0.1, 0.15) is 25.7 Å². The number of hydrogen-bond acceptors (Lipinski definition) is 3. The van der Waals surface area contributed by atoms with Crippen molar-refractivity contribution in [1.29, 1.82) is 0 Å². The number of nitrogens with zero attached hydrogens (tertiary/aromatic N) is 2. The van der Waals surface area contributed by atoms with Crippen molar-refractivity contribution in [3.05, 3.63) is 0 Å². The van der Waals surface area contributed by atoms with E-state index in [1.807, 2.05) is 0 Å². The first kappa shape index (κ1) is 11.9. The molecule has 1 aliphatic carbocycles. The van der Waals surface area contributed by atoms with Gasteiger partial charge in [0.2, 0.25) is 0 Å². The number of hydrogen-bond donors (Lipinski definition) is 1. The van der Waals surface area contributed by atoms with E-state index in [1.54, 1.807) is 0 Å². The van der Waals surface area contributed by atoms with Crippen molar-refractivity contribution in [3.63, 3.8) is 0 Å². The van der Waals surface area contributed by atoms with Gasteiger partial charge in [-0.05, 0) is 44.8 Å². The quantitative estimate of drug-likeness (QED) is 0.773. The maximum absolute atomic E-state index is 10.8. The number of carboxylic acid groups (broad SMARTS) is 1. The van der Waals surface area contributed by atoms with E-state index in [4.69, 9.17) is 5.11 Å². The Kier molecular flexibility index (Phi) is 3.50. The third-order valence-corrected chi connectivity index (χ3v) is 3.85. The molecule has 0 aromatic rings. The third kappa shape index (κ3) is 3.19. The van der Waals surface area contributed by atoms with Crippen LogP contribution < -0.4 is 0 Å². The molecule has 4 nitrogen and oxygen atoms in total. The molecule has 0 radical (unpaired) electrons. The second kappa shape index (κ2) is 4.72. The minimum Gasteiger partial charge on any atom is -0.481 e.